The van der Waals surface area contributed by atoms with E-state index in [2.05, 4.69) is 239 Å². The highest BCUT2D eigenvalue weighted by atomic mass is 32.1. The zero-order valence-corrected chi connectivity index (χ0v) is 53.5. The Morgan fingerprint density at radius 1 is 0.434 bits per heavy atom. The Hall–Kier alpha value is -4.71. The summed E-state index contributed by atoms with van der Waals surface area (Å²) in [6, 6.07) is 35.5. The number of benzene rings is 3. The Bertz CT molecular complexity index is 2240. The van der Waals surface area contributed by atoms with Crippen LogP contribution in [0.4, 0.5) is 0 Å². The maximum atomic E-state index is 4.18. The molecule has 4 aromatic heterocycles. The average molecular weight is 1070 g/mol. The van der Waals surface area contributed by atoms with Gasteiger partial charge in [-0.25, -0.2) is 4.98 Å². The van der Waals surface area contributed by atoms with Crippen LogP contribution >= 0.6 is 22.7 Å². The molecule has 5 heteroatoms. The predicted molar refractivity (Wildman–Crippen MR) is 342 cm³/mol. The van der Waals surface area contributed by atoms with E-state index in [1.807, 2.05) is 65.6 Å². The summed E-state index contributed by atoms with van der Waals surface area (Å²) in [7, 11) is 0. The molecule has 4 heterocycles. The van der Waals surface area contributed by atoms with Crippen molar-refractivity contribution in [2.24, 2.45) is 17.8 Å². The van der Waals surface area contributed by atoms with Crippen molar-refractivity contribution in [3.63, 3.8) is 0 Å². The van der Waals surface area contributed by atoms with Crippen molar-refractivity contribution in [2.45, 2.75) is 219 Å². The van der Waals surface area contributed by atoms with E-state index in [-0.39, 0.29) is 0 Å². The first-order valence-electron chi connectivity index (χ1n) is 28.9. The molecule has 7 aromatic rings. The first-order chi connectivity index (χ1) is 36.0. The Kier molecular flexibility index (Phi) is 36.1. The van der Waals surface area contributed by atoms with E-state index in [9.17, 15) is 0 Å². The molecule has 0 atom stereocenters. The standard InChI is InChI=1S/C14H22.C10H14.C9H18.C9H12.2C8H11N.C7H10S.C6H9NS/c1-8(2)14-12(6)10(4)9(3)11(5)13(14)7;1-9(2)8-10-6-4-3-5-7-10;2*1-8(2)9-6-4-3-5-7-9;1-7(2)8-4-3-5-9-6-8;1-7(2)8-5-3-4-6-9-8;1-6(2)7-4-3-5-8-7;1-5(2)6-7-3-4-8-6/h8H,1-7H3;3-7,9H,8H2,1-2H3;8-9H,3-7H2,1-2H3;3-8H,1-2H3;2*3-7H,1-2H3;3-6H,1-2H3;3-5H,1-2H3. The first-order valence-corrected chi connectivity index (χ1v) is 30.6. The molecule has 1 aliphatic rings. The number of nitrogens with zero attached hydrogens (tertiary/aromatic N) is 3. The van der Waals surface area contributed by atoms with Gasteiger partial charge in [0, 0.05) is 46.7 Å². The zero-order valence-electron chi connectivity index (χ0n) is 51.9. The molecule has 0 N–H and O–H groups in total. The van der Waals surface area contributed by atoms with E-state index in [0.717, 1.165) is 23.4 Å². The van der Waals surface area contributed by atoms with Crippen LogP contribution in [-0.2, 0) is 6.42 Å². The molecular weight excluding hydrogens is 959 g/mol. The van der Waals surface area contributed by atoms with Crippen LogP contribution in [0.3, 0.4) is 0 Å². The molecule has 8 rings (SSSR count). The van der Waals surface area contributed by atoms with Crippen molar-refractivity contribution in [3.8, 4) is 0 Å². The number of aromatic nitrogens is 3. The van der Waals surface area contributed by atoms with E-state index in [0.29, 0.717) is 35.5 Å². The highest BCUT2D eigenvalue weighted by Gasteiger charge is 2.16. The molecule has 3 nitrogen and oxygen atoms in total. The molecule has 418 valence electrons. The van der Waals surface area contributed by atoms with E-state index in [1.54, 1.807) is 23.1 Å². The highest BCUT2D eigenvalue weighted by Crippen LogP contribution is 2.31. The largest absolute Gasteiger partial charge is 0.264 e. The second kappa shape index (κ2) is 39.6. The molecule has 0 saturated heterocycles. The van der Waals surface area contributed by atoms with Crippen molar-refractivity contribution < 1.29 is 0 Å². The zero-order chi connectivity index (χ0) is 57.2. The van der Waals surface area contributed by atoms with Gasteiger partial charge < -0.3 is 0 Å². The van der Waals surface area contributed by atoms with Crippen molar-refractivity contribution >= 4 is 22.7 Å². The number of thiophene rings is 1. The summed E-state index contributed by atoms with van der Waals surface area (Å²) in [4.78, 5) is 13.8. The van der Waals surface area contributed by atoms with Crippen molar-refractivity contribution in [3.05, 3.63) is 204 Å². The van der Waals surface area contributed by atoms with Gasteiger partial charge in [-0.1, -0.05) is 222 Å². The molecule has 1 saturated carbocycles. The number of rotatable bonds is 9. The lowest BCUT2D eigenvalue weighted by atomic mass is 9.82. The summed E-state index contributed by atoms with van der Waals surface area (Å²) in [6.07, 6.45) is 16.0. The van der Waals surface area contributed by atoms with Gasteiger partial charge in [0.2, 0.25) is 0 Å². The van der Waals surface area contributed by atoms with Gasteiger partial charge >= 0.3 is 0 Å². The van der Waals surface area contributed by atoms with Crippen LogP contribution in [0.1, 0.15) is 244 Å². The van der Waals surface area contributed by atoms with Crippen molar-refractivity contribution in [2.75, 3.05) is 0 Å². The second-order valence-electron chi connectivity index (χ2n) is 23.0. The number of thiazole rings is 1. The lowest BCUT2D eigenvalue weighted by molar-refractivity contribution is 0.279. The van der Waals surface area contributed by atoms with Gasteiger partial charge in [-0.2, -0.15) is 0 Å². The molecule has 0 aliphatic heterocycles. The van der Waals surface area contributed by atoms with E-state index >= 15 is 0 Å². The fourth-order valence-corrected chi connectivity index (χ4v) is 10.1. The summed E-state index contributed by atoms with van der Waals surface area (Å²) < 4.78 is 0. The SMILES string of the molecule is CC(C)C1CCCCC1.CC(C)Cc1ccccc1.CC(C)c1ccccc1.CC(C)c1ccccn1.CC(C)c1cccnc1.CC(C)c1cccs1.CC(C)c1nccs1.Cc1c(C)c(C)c(C(C)C)c(C)c1C. The molecule has 1 fully saturated rings. The minimum atomic E-state index is 0.547. The van der Waals surface area contributed by atoms with Gasteiger partial charge in [0.25, 0.3) is 0 Å². The summed E-state index contributed by atoms with van der Waals surface area (Å²) in [5, 5.41) is 5.36. The van der Waals surface area contributed by atoms with Gasteiger partial charge in [0.1, 0.15) is 0 Å². The summed E-state index contributed by atoms with van der Waals surface area (Å²) >= 11 is 3.55. The smallest absolute Gasteiger partial charge is 0.0950 e. The van der Waals surface area contributed by atoms with E-state index in [4.69, 9.17) is 0 Å². The summed E-state index contributed by atoms with van der Waals surface area (Å²) in [5.74, 6) is 6.49. The van der Waals surface area contributed by atoms with Crippen LogP contribution in [0.15, 0.2) is 139 Å². The Morgan fingerprint density at radius 2 is 0.974 bits per heavy atom. The minimum absolute atomic E-state index is 0.547. The Labute approximate surface area is 476 Å². The lowest BCUT2D eigenvalue weighted by Crippen LogP contribution is -2.12. The Morgan fingerprint density at radius 3 is 1.29 bits per heavy atom. The maximum Gasteiger partial charge on any atom is 0.0950 e. The van der Waals surface area contributed by atoms with Crippen molar-refractivity contribution in [1.82, 2.24) is 15.0 Å². The molecular formula is C71H107N3S2. The molecule has 0 spiro atoms. The molecule has 3 aromatic carbocycles. The van der Waals surface area contributed by atoms with Gasteiger partial charge in [-0.05, 0) is 168 Å². The third-order valence-corrected chi connectivity index (χ3v) is 16.1. The van der Waals surface area contributed by atoms with E-state index < -0.39 is 0 Å². The monoisotopic (exact) mass is 1070 g/mol. The van der Waals surface area contributed by atoms with Crippen LogP contribution < -0.4 is 0 Å². The molecule has 0 unspecified atom stereocenters. The summed E-state index contributed by atoms with van der Waals surface area (Å²) in [5.41, 5.74) is 14.2. The first kappa shape index (κ1) is 69.3. The van der Waals surface area contributed by atoms with Gasteiger partial charge in [0.05, 0.1) is 5.01 Å². The number of hydrogen-bond acceptors (Lipinski definition) is 5. The maximum absolute atomic E-state index is 4.18. The molecule has 1 aliphatic carbocycles. The second-order valence-corrected chi connectivity index (χ2v) is 24.9. The third kappa shape index (κ3) is 29.1. The van der Waals surface area contributed by atoms with Crippen LogP contribution in [0, 0.1) is 52.4 Å². The van der Waals surface area contributed by atoms with Crippen LogP contribution in [-0.4, -0.2) is 15.0 Å². The minimum Gasteiger partial charge on any atom is -0.264 e. The average Bonchev–Trinajstić information content (AvgIpc) is 4.18. The topological polar surface area (TPSA) is 38.7 Å². The van der Waals surface area contributed by atoms with Gasteiger partial charge in [-0.15, -0.1) is 22.7 Å². The van der Waals surface area contributed by atoms with Gasteiger partial charge in [0.15, 0.2) is 0 Å². The number of hydrogen-bond donors (Lipinski definition) is 0. The highest BCUT2D eigenvalue weighted by molar-refractivity contribution is 7.10. The fourth-order valence-electron chi connectivity index (χ4n) is 8.69. The Balaban J connectivity index is 0.000000437. The van der Waals surface area contributed by atoms with Crippen LogP contribution in [0.5, 0.6) is 0 Å². The molecule has 0 bridgehead atoms. The predicted octanol–water partition coefficient (Wildman–Crippen LogP) is 22.8. The molecule has 0 amide bonds. The normalized spacial score (nSPS) is 11.9. The fraction of sp³-hybridized carbons (Fsp3) is 0.507. The quantitative estimate of drug-likeness (QED) is 0.145. The molecule has 0 radical (unpaired) electrons. The molecule has 76 heavy (non-hydrogen) atoms. The van der Waals surface area contributed by atoms with Crippen molar-refractivity contribution in [1.29, 1.82) is 0 Å². The van der Waals surface area contributed by atoms with Crippen LogP contribution in [0.25, 0.3) is 0 Å². The van der Waals surface area contributed by atoms with E-state index in [1.165, 1.54) is 92.9 Å². The van der Waals surface area contributed by atoms with Crippen LogP contribution in [0.2, 0.25) is 0 Å². The third-order valence-electron chi connectivity index (χ3n) is 13.9. The lowest BCUT2D eigenvalue weighted by Gasteiger charge is -2.24. The summed E-state index contributed by atoms with van der Waals surface area (Å²) in [6.45, 7) is 46.7. The van der Waals surface area contributed by atoms with Gasteiger partial charge in [-0.3, -0.25) is 9.97 Å². The number of pyridine rings is 2.